The van der Waals surface area contributed by atoms with Crippen LogP contribution in [0.15, 0.2) is 42.6 Å². The first-order chi connectivity index (χ1) is 16.1. The topological polar surface area (TPSA) is 86.5 Å². The second-order valence-electron chi connectivity index (χ2n) is 8.59. The lowest BCUT2D eigenvalue weighted by atomic mass is 10.3. The smallest absolute Gasteiger partial charge is 0.276 e. The van der Waals surface area contributed by atoms with Crippen molar-refractivity contribution >= 4 is 17.7 Å². The van der Waals surface area contributed by atoms with Gasteiger partial charge in [0.15, 0.2) is 5.69 Å². The Balaban J connectivity index is 1.23. The number of aromatic nitrogens is 5. The van der Waals surface area contributed by atoms with Crippen LogP contribution in [0, 0.1) is 6.92 Å². The molecule has 0 radical (unpaired) electrons. The van der Waals surface area contributed by atoms with Crippen molar-refractivity contribution in [2.45, 2.75) is 6.92 Å². The van der Waals surface area contributed by atoms with Crippen molar-refractivity contribution in [3.63, 3.8) is 0 Å². The van der Waals surface area contributed by atoms with E-state index in [1.165, 1.54) is 11.0 Å². The van der Waals surface area contributed by atoms with Gasteiger partial charge in [-0.05, 0) is 26.1 Å². The lowest BCUT2D eigenvalue weighted by molar-refractivity contribution is 0.0740. The number of amides is 1. The summed E-state index contributed by atoms with van der Waals surface area (Å²) in [6, 6.07) is 11.6. The number of piperazine rings is 2. The number of nitrogens with zero attached hydrogens (tertiary/aromatic N) is 9. The molecule has 4 heterocycles. The van der Waals surface area contributed by atoms with Gasteiger partial charge in [-0.15, -0.1) is 5.10 Å². The summed E-state index contributed by atoms with van der Waals surface area (Å²) in [5.74, 6) is 1.63. The monoisotopic (exact) mass is 447 g/mol. The van der Waals surface area contributed by atoms with E-state index in [0.717, 1.165) is 49.3 Å². The van der Waals surface area contributed by atoms with Crippen LogP contribution in [0.1, 0.15) is 16.2 Å². The maximum Gasteiger partial charge on any atom is 0.276 e. The zero-order valence-corrected chi connectivity index (χ0v) is 19.1. The summed E-state index contributed by atoms with van der Waals surface area (Å²) >= 11 is 0. The standard InChI is InChI=1S/C23H29N9O/c1-18-16-21(29-10-8-28(2)9-11-29)26-23(25-18)31-14-12-30(13-15-31)22(33)20-17-24-32(27-20)19-6-4-3-5-7-19/h3-7,16-17H,8-15H2,1-2H3. The maximum absolute atomic E-state index is 13.0. The van der Waals surface area contributed by atoms with Crippen LogP contribution in [0.2, 0.25) is 0 Å². The summed E-state index contributed by atoms with van der Waals surface area (Å²) < 4.78 is 0. The van der Waals surface area contributed by atoms with Crippen molar-refractivity contribution < 1.29 is 4.79 Å². The third kappa shape index (κ3) is 4.65. The molecule has 0 aliphatic carbocycles. The molecule has 1 amide bonds. The summed E-state index contributed by atoms with van der Waals surface area (Å²) in [5.41, 5.74) is 2.15. The van der Waals surface area contributed by atoms with Crippen molar-refractivity contribution in [1.29, 1.82) is 0 Å². The van der Waals surface area contributed by atoms with Gasteiger partial charge >= 0.3 is 0 Å². The average Bonchev–Trinajstić information content (AvgIpc) is 3.35. The van der Waals surface area contributed by atoms with Crippen LogP contribution < -0.4 is 9.80 Å². The number of hydrogen-bond acceptors (Lipinski definition) is 8. The van der Waals surface area contributed by atoms with Gasteiger partial charge in [0.2, 0.25) is 5.95 Å². The molecule has 0 unspecified atom stereocenters. The number of benzene rings is 1. The van der Waals surface area contributed by atoms with Gasteiger partial charge in [-0.2, -0.15) is 14.9 Å². The van der Waals surface area contributed by atoms with Crippen LogP contribution >= 0.6 is 0 Å². The highest BCUT2D eigenvalue weighted by molar-refractivity contribution is 5.92. The molecule has 0 saturated carbocycles. The van der Waals surface area contributed by atoms with Crippen molar-refractivity contribution in [1.82, 2.24) is 34.8 Å². The molecule has 0 spiro atoms. The molecule has 10 nitrogen and oxygen atoms in total. The number of hydrogen-bond donors (Lipinski definition) is 0. The molecule has 33 heavy (non-hydrogen) atoms. The lowest BCUT2D eigenvalue weighted by Gasteiger charge is -2.36. The third-order valence-corrected chi connectivity index (χ3v) is 6.20. The Kier molecular flexibility index (Phi) is 5.91. The maximum atomic E-state index is 13.0. The minimum Gasteiger partial charge on any atom is -0.354 e. The van der Waals surface area contributed by atoms with E-state index >= 15 is 0 Å². The van der Waals surface area contributed by atoms with E-state index in [-0.39, 0.29) is 5.91 Å². The molecule has 5 rings (SSSR count). The Bertz CT molecular complexity index is 1100. The summed E-state index contributed by atoms with van der Waals surface area (Å²) in [7, 11) is 2.15. The quantitative estimate of drug-likeness (QED) is 0.587. The van der Waals surface area contributed by atoms with Gasteiger partial charge in [-0.25, -0.2) is 4.98 Å². The number of carbonyl (C=O) groups excluding carboxylic acids is 1. The zero-order chi connectivity index (χ0) is 22.8. The van der Waals surface area contributed by atoms with Gasteiger partial charge in [0.05, 0.1) is 11.9 Å². The van der Waals surface area contributed by atoms with E-state index in [9.17, 15) is 4.79 Å². The van der Waals surface area contributed by atoms with Crippen molar-refractivity contribution in [3.8, 4) is 5.69 Å². The minimum absolute atomic E-state index is 0.0971. The molecule has 172 valence electrons. The van der Waals surface area contributed by atoms with Gasteiger partial charge in [-0.1, -0.05) is 18.2 Å². The molecule has 2 aromatic heterocycles. The fraction of sp³-hybridized carbons (Fsp3) is 0.435. The van der Waals surface area contributed by atoms with Crippen molar-refractivity contribution in [2.75, 3.05) is 69.2 Å². The molecule has 2 aliphatic heterocycles. The van der Waals surface area contributed by atoms with Crippen LogP contribution in [0.5, 0.6) is 0 Å². The highest BCUT2D eigenvalue weighted by Crippen LogP contribution is 2.20. The fourth-order valence-electron chi connectivity index (χ4n) is 4.19. The molecule has 2 fully saturated rings. The molecule has 0 atom stereocenters. The number of para-hydroxylation sites is 1. The molecule has 2 saturated heterocycles. The zero-order valence-electron chi connectivity index (χ0n) is 19.1. The highest BCUT2D eigenvalue weighted by Gasteiger charge is 2.26. The summed E-state index contributed by atoms with van der Waals surface area (Å²) in [5, 5.41) is 8.63. The Hall–Kier alpha value is -3.53. The van der Waals surface area contributed by atoms with E-state index in [4.69, 9.17) is 4.98 Å². The predicted molar refractivity (Wildman–Crippen MR) is 126 cm³/mol. The Morgan fingerprint density at radius 3 is 2.30 bits per heavy atom. The molecular weight excluding hydrogens is 418 g/mol. The first-order valence-electron chi connectivity index (χ1n) is 11.4. The average molecular weight is 448 g/mol. The summed E-state index contributed by atoms with van der Waals surface area (Å²) in [6.45, 7) is 8.59. The van der Waals surface area contributed by atoms with Crippen LogP contribution in [0.4, 0.5) is 11.8 Å². The van der Waals surface area contributed by atoms with E-state index in [1.54, 1.807) is 0 Å². The van der Waals surface area contributed by atoms with Gasteiger partial charge < -0.3 is 19.6 Å². The van der Waals surface area contributed by atoms with E-state index in [2.05, 4.69) is 43.0 Å². The second kappa shape index (κ2) is 9.14. The highest BCUT2D eigenvalue weighted by atomic mass is 16.2. The van der Waals surface area contributed by atoms with Crippen LogP contribution in [-0.4, -0.2) is 100 Å². The molecule has 0 bridgehead atoms. The second-order valence-corrected chi connectivity index (χ2v) is 8.59. The minimum atomic E-state index is -0.0971. The van der Waals surface area contributed by atoms with Crippen LogP contribution in [-0.2, 0) is 0 Å². The predicted octanol–water partition coefficient (Wildman–Crippen LogP) is 1.08. The van der Waals surface area contributed by atoms with Gasteiger partial charge in [0, 0.05) is 64.1 Å². The van der Waals surface area contributed by atoms with Crippen LogP contribution in [0.3, 0.4) is 0 Å². The first kappa shape index (κ1) is 21.3. The molecule has 1 aromatic carbocycles. The fourth-order valence-corrected chi connectivity index (χ4v) is 4.19. The van der Waals surface area contributed by atoms with Gasteiger partial charge in [0.25, 0.3) is 5.91 Å². The number of likely N-dealkylation sites (N-methyl/N-ethyl adjacent to an activating group) is 1. The van der Waals surface area contributed by atoms with Crippen molar-refractivity contribution in [3.05, 3.63) is 54.0 Å². The molecule has 0 N–H and O–H groups in total. The number of anilines is 2. The Morgan fingerprint density at radius 2 is 1.58 bits per heavy atom. The molecular formula is C23H29N9O. The third-order valence-electron chi connectivity index (χ3n) is 6.20. The van der Waals surface area contributed by atoms with Gasteiger partial charge in [0.1, 0.15) is 5.82 Å². The largest absolute Gasteiger partial charge is 0.354 e. The van der Waals surface area contributed by atoms with Crippen molar-refractivity contribution in [2.24, 2.45) is 0 Å². The lowest BCUT2D eigenvalue weighted by Crippen LogP contribution is -2.49. The Morgan fingerprint density at radius 1 is 0.879 bits per heavy atom. The normalized spacial score (nSPS) is 17.5. The molecule has 2 aliphatic rings. The SMILES string of the molecule is Cc1cc(N2CCN(C)CC2)nc(N2CCN(C(=O)c3cnn(-c4ccccc4)n3)CC2)n1. The van der Waals surface area contributed by atoms with E-state index < -0.39 is 0 Å². The summed E-state index contributed by atoms with van der Waals surface area (Å²) in [4.78, 5) is 32.7. The van der Waals surface area contributed by atoms with Crippen LogP contribution in [0.25, 0.3) is 5.69 Å². The molecule has 10 heteroatoms. The van der Waals surface area contributed by atoms with E-state index in [0.29, 0.717) is 31.9 Å². The Labute approximate surface area is 193 Å². The number of rotatable bonds is 4. The first-order valence-corrected chi connectivity index (χ1v) is 11.4. The van der Waals surface area contributed by atoms with Gasteiger partial charge in [-0.3, -0.25) is 4.79 Å². The number of aryl methyl sites for hydroxylation is 1. The summed E-state index contributed by atoms with van der Waals surface area (Å²) in [6.07, 6.45) is 1.54. The van der Waals surface area contributed by atoms with E-state index in [1.807, 2.05) is 42.2 Å². The molecule has 3 aromatic rings. The number of carbonyl (C=O) groups is 1.